The number of likely N-dealkylation sites (tertiary alicyclic amines) is 1. The fraction of sp³-hybridized carbons (Fsp3) is 0.735. The van der Waals surface area contributed by atoms with Crippen LogP contribution in [0, 0.1) is 29.6 Å². The number of carboxylic acid groups (broad SMARTS) is 1. The van der Waals surface area contributed by atoms with Gasteiger partial charge in [0.15, 0.2) is 5.78 Å². The molecule has 61 heavy (non-hydrogen) atoms. The number of rotatable bonds is 27. The molecule has 3 N–H and O–H groups in total. The number of ketones is 3. The predicted octanol–water partition coefficient (Wildman–Crippen LogP) is 7.89. The standard InChI is InChI=1S/C49H77NO11/c1-32(19-12-10-14-24-42-49(58,61-42)46(54)47(55)50-27-16-15-23-40(50)48(56)57)18-11-9-13-20-33(2)28-36(5)43(52)45(60-8)44(53)37(6)30-35(4)41(51)26-25-34(3)29-38-21-17-22-39(31-38)59-7/h9,11,13,18,20,30,33-36,38-40,42,44-45,53,58H,10,12,14-17,19,21-29,31H2,1-8H3,(H,56,57)/b11-9+,20-13+,32-18+,37-30+/t33-,34+,35-,36?,38?,39?,40?,42?,44?,45+,49?/m1/s1. The highest BCUT2D eigenvalue weighted by molar-refractivity contribution is 6.39. The van der Waals surface area contributed by atoms with E-state index in [-0.39, 0.29) is 42.3 Å². The number of carboxylic acids is 1. The minimum Gasteiger partial charge on any atom is -0.480 e. The third-order valence-electron chi connectivity index (χ3n) is 13.1. The molecule has 0 spiro atoms. The number of carbonyl (C=O) groups is 5. The van der Waals surface area contributed by atoms with Crippen molar-refractivity contribution < 1.29 is 53.5 Å². The number of epoxide rings is 1. The van der Waals surface area contributed by atoms with Gasteiger partial charge in [0, 0.05) is 39.0 Å². The number of carbonyl (C=O) groups excluding carboxylic acids is 4. The van der Waals surface area contributed by atoms with Crippen LogP contribution in [0.2, 0.25) is 0 Å². The van der Waals surface area contributed by atoms with Crippen molar-refractivity contribution in [2.24, 2.45) is 29.6 Å². The zero-order chi connectivity index (χ0) is 45.3. The highest BCUT2D eigenvalue weighted by atomic mass is 16.7. The van der Waals surface area contributed by atoms with Crippen molar-refractivity contribution in [2.45, 2.75) is 181 Å². The van der Waals surface area contributed by atoms with Crippen LogP contribution < -0.4 is 0 Å². The van der Waals surface area contributed by atoms with Crippen LogP contribution in [0.4, 0.5) is 0 Å². The van der Waals surface area contributed by atoms with E-state index >= 15 is 0 Å². The Balaban J connectivity index is 1.33. The van der Waals surface area contributed by atoms with E-state index < -0.39 is 47.8 Å². The Labute approximate surface area is 365 Å². The Bertz CT molecular complexity index is 1580. The molecule has 1 saturated carbocycles. The number of allylic oxidation sites excluding steroid dienone is 7. The highest BCUT2D eigenvalue weighted by Gasteiger charge is 2.64. The molecule has 11 atom stereocenters. The first kappa shape index (κ1) is 52.1. The molecule has 3 fully saturated rings. The number of piperidine rings is 1. The van der Waals surface area contributed by atoms with Gasteiger partial charge in [-0.25, -0.2) is 4.79 Å². The number of aliphatic hydroxyl groups excluding tert-OH is 1. The van der Waals surface area contributed by atoms with Gasteiger partial charge in [0.2, 0.25) is 0 Å². The zero-order valence-corrected chi connectivity index (χ0v) is 38.3. The maximum atomic E-state index is 13.4. The lowest BCUT2D eigenvalue weighted by molar-refractivity contribution is -0.161. The molecule has 12 nitrogen and oxygen atoms in total. The number of amides is 1. The molecule has 3 aliphatic rings. The Morgan fingerprint density at radius 2 is 1.66 bits per heavy atom. The molecule has 1 amide bonds. The summed E-state index contributed by atoms with van der Waals surface area (Å²) in [6.45, 7) is 12.0. The number of ether oxygens (including phenoxy) is 3. The molecular formula is C49H77NO11. The number of unbranched alkanes of at least 4 members (excludes halogenated alkanes) is 2. The van der Waals surface area contributed by atoms with Crippen LogP contribution >= 0.6 is 0 Å². The van der Waals surface area contributed by atoms with Gasteiger partial charge in [0.1, 0.15) is 30.1 Å². The van der Waals surface area contributed by atoms with Gasteiger partial charge in [0.05, 0.1) is 6.10 Å². The van der Waals surface area contributed by atoms with E-state index in [4.69, 9.17) is 14.2 Å². The van der Waals surface area contributed by atoms with Gasteiger partial charge < -0.3 is 34.4 Å². The molecule has 0 aromatic heterocycles. The van der Waals surface area contributed by atoms with Crippen LogP contribution in [-0.4, -0.2) is 106 Å². The average Bonchev–Trinajstić information content (AvgIpc) is 3.91. The summed E-state index contributed by atoms with van der Waals surface area (Å²) in [6, 6.07) is -1.06. The van der Waals surface area contributed by atoms with E-state index in [1.807, 2.05) is 51.2 Å². The zero-order valence-electron chi connectivity index (χ0n) is 38.3. The SMILES string of the molecule is COC1CCCC(C[C@@H](C)CCC(=O)[C@H](C)/C=C(\C)C(O)[C@@H](OC)C(=O)C(C)C[C@H](C)/C=C/C=C/C=C(\C)CCCCCC2OC2(O)C(=O)C(=O)N2CCCCC2C(=O)O)C1. The summed E-state index contributed by atoms with van der Waals surface area (Å²) in [5.74, 6) is -4.92. The molecule has 1 aliphatic carbocycles. The number of nitrogens with zero attached hydrogens (tertiary/aromatic N) is 1. The van der Waals surface area contributed by atoms with Gasteiger partial charge in [-0.1, -0.05) is 95.4 Å². The first-order valence-electron chi connectivity index (χ1n) is 22.9. The minimum atomic E-state index is -2.16. The van der Waals surface area contributed by atoms with Gasteiger partial charge in [0.25, 0.3) is 17.5 Å². The van der Waals surface area contributed by atoms with E-state index in [0.29, 0.717) is 62.0 Å². The first-order valence-corrected chi connectivity index (χ1v) is 22.9. The van der Waals surface area contributed by atoms with Gasteiger partial charge in [-0.05, 0) is 108 Å². The van der Waals surface area contributed by atoms with E-state index in [9.17, 15) is 39.3 Å². The minimum absolute atomic E-state index is 0.104. The average molecular weight is 856 g/mol. The largest absolute Gasteiger partial charge is 0.480 e. The Kier molecular flexibility index (Phi) is 22.0. The van der Waals surface area contributed by atoms with Gasteiger partial charge in [-0.15, -0.1) is 0 Å². The number of Topliss-reactive ketones (excluding diaryl/α,β-unsaturated/α-hetero) is 3. The molecule has 12 heteroatoms. The second kappa shape index (κ2) is 25.7. The molecule has 0 aromatic rings. The van der Waals surface area contributed by atoms with Crippen molar-refractivity contribution in [2.75, 3.05) is 20.8 Å². The second-order valence-corrected chi connectivity index (χ2v) is 18.4. The number of hydrogen-bond donors (Lipinski definition) is 3. The lowest BCUT2D eigenvalue weighted by Crippen LogP contribution is -2.53. The van der Waals surface area contributed by atoms with Crippen LogP contribution in [0.5, 0.6) is 0 Å². The molecule has 2 saturated heterocycles. The maximum Gasteiger partial charge on any atom is 0.326 e. The van der Waals surface area contributed by atoms with E-state index in [0.717, 1.165) is 49.8 Å². The Hall–Kier alpha value is -3.29. The molecule has 7 unspecified atom stereocenters. The van der Waals surface area contributed by atoms with Crippen LogP contribution in [0.1, 0.15) is 144 Å². The summed E-state index contributed by atoms with van der Waals surface area (Å²) in [5.41, 5.74) is 1.76. The predicted molar refractivity (Wildman–Crippen MR) is 235 cm³/mol. The Morgan fingerprint density at radius 1 is 0.918 bits per heavy atom. The number of aliphatic carboxylic acids is 1. The monoisotopic (exact) mass is 856 g/mol. The smallest absolute Gasteiger partial charge is 0.326 e. The summed E-state index contributed by atoms with van der Waals surface area (Å²) in [4.78, 5) is 64.5. The molecule has 344 valence electrons. The lowest BCUT2D eigenvalue weighted by atomic mass is 9.80. The summed E-state index contributed by atoms with van der Waals surface area (Å²) < 4.78 is 16.4. The summed E-state index contributed by atoms with van der Waals surface area (Å²) in [5, 5.41) is 31.2. The van der Waals surface area contributed by atoms with Gasteiger partial charge in [-0.3, -0.25) is 19.2 Å². The molecule has 0 bridgehead atoms. The third kappa shape index (κ3) is 16.4. The fourth-order valence-corrected chi connectivity index (χ4v) is 9.11. The number of methoxy groups -OCH3 is 2. The van der Waals surface area contributed by atoms with Crippen molar-refractivity contribution in [3.63, 3.8) is 0 Å². The summed E-state index contributed by atoms with van der Waals surface area (Å²) >= 11 is 0. The lowest BCUT2D eigenvalue weighted by Gasteiger charge is -2.32. The highest BCUT2D eigenvalue weighted by Crippen LogP contribution is 2.39. The van der Waals surface area contributed by atoms with Crippen LogP contribution in [-0.2, 0) is 38.2 Å². The molecule has 3 rings (SSSR count). The summed E-state index contributed by atoms with van der Waals surface area (Å²) in [7, 11) is 3.23. The number of aliphatic hydroxyl groups is 2. The second-order valence-electron chi connectivity index (χ2n) is 18.4. The van der Waals surface area contributed by atoms with Crippen molar-refractivity contribution in [3.8, 4) is 0 Å². The van der Waals surface area contributed by atoms with Gasteiger partial charge >= 0.3 is 5.97 Å². The molecule has 0 radical (unpaired) electrons. The third-order valence-corrected chi connectivity index (χ3v) is 13.1. The van der Waals surface area contributed by atoms with Crippen molar-refractivity contribution in [3.05, 3.63) is 47.6 Å². The van der Waals surface area contributed by atoms with E-state index in [2.05, 4.69) is 13.8 Å². The quantitative estimate of drug-likeness (QED) is 0.0241. The Morgan fingerprint density at radius 3 is 2.34 bits per heavy atom. The number of hydrogen-bond acceptors (Lipinski definition) is 10. The molecule has 2 aliphatic heterocycles. The summed E-state index contributed by atoms with van der Waals surface area (Å²) in [6.07, 6.45) is 22.2. The fourth-order valence-electron chi connectivity index (χ4n) is 9.11. The first-order chi connectivity index (χ1) is 28.9. The van der Waals surface area contributed by atoms with Crippen LogP contribution in [0.3, 0.4) is 0 Å². The molecule has 0 aromatic carbocycles. The van der Waals surface area contributed by atoms with Crippen molar-refractivity contribution >= 4 is 29.2 Å². The van der Waals surface area contributed by atoms with Crippen LogP contribution in [0.25, 0.3) is 0 Å². The van der Waals surface area contributed by atoms with Crippen molar-refractivity contribution in [1.82, 2.24) is 4.90 Å². The van der Waals surface area contributed by atoms with Crippen LogP contribution in [0.15, 0.2) is 47.6 Å². The molecule has 2 heterocycles. The normalized spacial score (nSPS) is 26.8. The maximum absolute atomic E-state index is 13.4. The van der Waals surface area contributed by atoms with E-state index in [1.54, 1.807) is 20.1 Å². The van der Waals surface area contributed by atoms with Crippen molar-refractivity contribution in [1.29, 1.82) is 0 Å². The van der Waals surface area contributed by atoms with Gasteiger partial charge in [-0.2, -0.15) is 0 Å². The topological polar surface area (TPSA) is 180 Å². The van der Waals surface area contributed by atoms with E-state index in [1.165, 1.54) is 25.5 Å². The molecular weight excluding hydrogens is 779 g/mol.